The van der Waals surface area contributed by atoms with Crippen molar-refractivity contribution in [3.63, 3.8) is 0 Å². The van der Waals surface area contributed by atoms with Crippen molar-refractivity contribution in [3.8, 4) is 0 Å². The van der Waals surface area contributed by atoms with Crippen LogP contribution >= 0.6 is 27.5 Å². The molecule has 2 aromatic rings. The van der Waals surface area contributed by atoms with Crippen LogP contribution in [0.4, 0.5) is 5.69 Å². The maximum atomic E-state index is 11.8. The summed E-state index contributed by atoms with van der Waals surface area (Å²) >= 11 is 9.29. The largest absolute Gasteiger partial charge is 0.370 e. The summed E-state index contributed by atoms with van der Waals surface area (Å²) in [4.78, 5) is 13.8. The molecule has 0 amide bonds. The van der Waals surface area contributed by atoms with Crippen LogP contribution in [-0.4, -0.2) is 12.8 Å². The van der Waals surface area contributed by atoms with E-state index in [0.717, 1.165) is 32.9 Å². The van der Waals surface area contributed by atoms with Gasteiger partial charge in [0, 0.05) is 34.3 Å². The molecule has 20 heavy (non-hydrogen) atoms. The standard InChI is InChI=1S/C16H15BrClNO/c1-11(20)15-9-13(17)5-8-16(15)19(2)10-12-3-6-14(18)7-4-12/h3-9H,10H2,1-2H3. The number of halogens is 2. The molecule has 0 radical (unpaired) electrons. The van der Waals surface area contributed by atoms with Crippen molar-refractivity contribution in [2.24, 2.45) is 0 Å². The second-order valence-electron chi connectivity index (χ2n) is 4.70. The van der Waals surface area contributed by atoms with Gasteiger partial charge in [0.1, 0.15) is 0 Å². The Morgan fingerprint density at radius 2 is 1.85 bits per heavy atom. The van der Waals surface area contributed by atoms with E-state index in [9.17, 15) is 4.79 Å². The van der Waals surface area contributed by atoms with E-state index < -0.39 is 0 Å². The molecule has 0 bridgehead atoms. The molecule has 0 unspecified atom stereocenters. The molecule has 0 fully saturated rings. The van der Waals surface area contributed by atoms with Crippen LogP contribution in [0.5, 0.6) is 0 Å². The molecule has 0 heterocycles. The van der Waals surface area contributed by atoms with Crippen LogP contribution in [0.2, 0.25) is 5.02 Å². The maximum absolute atomic E-state index is 11.8. The number of carbonyl (C=O) groups excluding carboxylic acids is 1. The number of hydrogen-bond donors (Lipinski definition) is 0. The molecule has 2 rings (SSSR count). The van der Waals surface area contributed by atoms with Crippen molar-refractivity contribution in [2.45, 2.75) is 13.5 Å². The highest BCUT2D eigenvalue weighted by molar-refractivity contribution is 9.10. The third-order valence-corrected chi connectivity index (χ3v) is 3.83. The smallest absolute Gasteiger partial charge is 0.161 e. The van der Waals surface area contributed by atoms with Gasteiger partial charge in [0.25, 0.3) is 0 Å². The molecule has 4 heteroatoms. The summed E-state index contributed by atoms with van der Waals surface area (Å²) in [5, 5.41) is 0.726. The summed E-state index contributed by atoms with van der Waals surface area (Å²) in [5.41, 5.74) is 2.79. The number of anilines is 1. The van der Waals surface area contributed by atoms with E-state index in [2.05, 4.69) is 20.8 Å². The fourth-order valence-corrected chi connectivity index (χ4v) is 2.56. The minimum absolute atomic E-state index is 0.0595. The first-order valence-corrected chi connectivity index (χ1v) is 7.40. The number of benzene rings is 2. The van der Waals surface area contributed by atoms with Crippen molar-refractivity contribution >= 4 is 39.0 Å². The predicted octanol–water partition coefficient (Wildman–Crippen LogP) is 4.94. The molecular formula is C16H15BrClNO. The van der Waals surface area contributed by atoms with Crippen LogP contribution < -0.4 is 4.90 Å². The van der Waals surface area contributed by atoms with Gasteiger partial charge in [-0.3, -0.25) is 4.79 Å². The van der Waals surface area contributed by atoms with Crippen LogP contribution in [0.25, 0.3) is 0 Å². The van der Waals surface area contributed by atoms with Crippen LogP contribution in [0, 0.1) is 0 Å². The van der Waals surface area contributed by atoms with E-state index in [1.54, 1.807) is 6.92 Å². The Bertz CT molecular complexity index is 625. The van der Waals surface area contributed by atoms with Gasteiger partial charge in [0.2, 0.25) is 0 Å². The summed E-state index contributed by atoms with van der Waals surface area (Å²) < 4.78 is 0.909. The van der Waals surface area contributed by atoms with Gasteiger partial charge in [0.05, 0.1) is 0 Å². The van der Waals surface area contributed by atoms with Gasteiger partial charge in [-0.1, -0.05) is 39.7 Å². The molecule has 0 aliphatic heterocycles. The van der Waals surface area contributed by atoms with Crippen molar-refractivity contribution in [2.75, 3.05) is 11.9 Å². The Kier molecular flexibility index (Phi) is 4.84. The number of rotatable bonds is 4. The van der Waals surface area contributed by atoms with Crippen molar-refractivity contribution in [3.05, 3.63) is 63.1 Å². The zero-order chi connectivity index (χ0) is 14.7. The fourth-order valence-electron chi connectivity index (χ4n) is 2.07. The van der Waals surface area contributed by atoms with E-state index >= 15 is 0 Å². The highest BCUT2D eigenvalue weighted by atomic mass is 79.9. The molecule has 2 aromatic carbocycles. The number of Topliss-reactive ketones (excluding diaryl/α,β-unsaturated/α-hetero) is 1. The van der Waals surface area contributed by atoms with E-state index in [1.807, 2.05) is 49.5 Å². The Morgan fingerprint density at radius 1 is 1.20 bits per heavy atom. The van der Waals surface area contributed by atoms with Crippen LogP contribution in [-0.2, 0) is 6.54 Å². The molecule has 0 saturated carbocycles. The van der Waals surface area contributed by atoms with Gasteiger partial charge >= 0.3 is 0 Å². The van der Waals surface area contributed by atoms with Gasteiger partial charge in [0.15, 0.2) is 5.78 Å². The van der Waals surface area contributed by atoms with Crippen LogP contribution in [0.1, 0.15) is 22.8 Å². The van der Waals surface area contributed by atoms with Crippen molar-refractivity contribution in [1.82, 2.24) is 0 Å². The van der Waals surface area contributed by atoms with E-state index in [0.29, 0.717) is 0 Å². The quantitative estimate of drug-likeness (QED) is 0.726. The number of hydrogen-bond acceptors (Lipinski definition) is 2. The lowest BCUT2D eigenvalue weighted by atomic mass is 10.1. The SMILES string of the molecule is CC(=O)c1cc(Br)ccc1N(C)Cc1ccc(Cl)cc1. The predicted molar refractivity (Wildman–Crippen MR) is 87.7 cm³/mol. The monoisotopic (exact) mass is 351 g/mol. The summed E-state index contributed by atoms with van der Waals surface area (Å²) in [6.45, 7) is 2.31. The fraction of sp³-hybridized carbons (Fsp3) is 0.188. The molecule has 0 spiro atoms. The highest BCUT2D eigenvalue weighted by Crippen LogP contribution is 2.25. The zero-order valence-electron chi connectivity index (χ0n) is 11.4. The minimum Gasteiger partial charge on any atom is -0.370 e. The van der Waals surface area contributed by atoms with Crippen LogP contribution in [0.3, 0.4) is 0 Å². The van der Waals surface area contributed by atoms with Gasteiger partial charge in [-0.05, 0) is 42.8 Å². The molecule has 0 saturated heterocycles. The Morgan fingerprint density at radius 3 is 2.45 bits per heavy atom. The summed E-state index contributed by atoms with van der Waals surface area (Å²) in [7, 11) is 1.98. The van der Waals surface area contributed by atoms with Crippen molar-refractivity contribution in [1.29, 1.82) is 0 Å². The van der Waals surface area contributed by atoms with Crippen LogP contribution in [0.15, 0.2) is 46.9 Å². The first kappa shape index (κ1) is 15.1. The molecule has 0 aliphatic carbocycles. The lowest BCUT2D eigenvalue weighted by Gasteiger charge is -2.22. The average Bonchev–Trinajstić information content (AvgIpc) is 2.41. The second-order valence-corrected chi connectivity index (χ2v) is 6.05. The number of nitrogens with zero attached hydrogens (tertiary/aromatic N) is 1. The highest BCUT2D eigenvalue weighted by Gasteiger charge is 2.12. The first-order chi connectivity index (χ1) is 9.47. The minimum atomic E-state index is 0.0595. The summed E-state index contributed by atoms with van der Waals surface area (Å²) in [6.07, 6.45) is 0. The molecule has 0 aromatic heterocycles. The molecule has 104 valence electrons. The van der Waals surface area contributed by atoms with E-state index in [4.69, 9.17) is 11.6 Å². The van der Waals surface area contributed by atoms with Gasteiger partial charge < -0.3 is 4.90 Å². The zero-order valence-corrected chi connectivity index (χ0v) is 13.7. The van der Waals surface area contributed by atoms with Gasteiger partial charge in [-0.25, -0.2) is 0 Å². The summed E-state index contributed by atoms with van der Waals surface area (Å²) in [5.74, 6) is 0.0595. The van der Waals surface area contributed by atoms with Gasteiger partial charge in [-0.15, -0.1) is 0 Å². The third kappa shape index (κ3) is 3.62. The molecule has 0 atom stereocenters. The Balaban J connectivity index is 2.27. The maximum Gasteiger partial charge on any atom is 0.161 e. The third-order valence-electron chi connectivity index (χ3n) is 3.08. The van der Waals surface area contributed by atoms with E-state index in [-0.39, 0.29) is 5.78 Å². The average molecular weight is 353 g/mol. The number of ketones is 1. The topological polar surface area (TPSA) is 20.3 Å². The lowest BCUT2D eigenvalue weighted by Crippen LogP contribution is -2.18. The second kappa shape index (κ2) is 6.42. The Labute approximate surface area is 132 Å². The number of carbonyl (C=O) groups is 1. The lowest BCUT2D eigenvalue weighted by molar-refractivity contribution is 0.101. The van der Waals surface area contributed by atoms with Crippen molar-refractivity contribution < 1.29 is 4.79 Å². The normalized spacial score (nSPS) is 10.4. The summed E-state index contributed by atoms with van der Waals surface area (Å²) in [6, 6.07) is 13.5. The first-order valence-electron chi connectivity index (χ1n) is 6.23. The van der Waals surface area contributed by atoms with Gasteiger partial charge in [-0.2, -0.15) is 0 Å². The molecular weight excluding hydrogens is 338 g/mol. The van der Waals surface area contributed by atoms with E-state index in [1.165, 1.54) is 0 Å². The molecule has 0 aliphatic rings. The Hall–Kier alpha value is -1.32. The molecule has 2 nitrogen and oxygen atoms in total. The molecule has 0 N–H and O–H groups in total.